The molecule has 0 aromatic carbocycles. The average Bonchev–Trinajstić information content (AvgIpc) is 2.44. The van der Waals surface area contributed by atoms with Crippen LogP contribution < -0.4 is 10.5 Å². The maximum Gasteiger partial charge on any atom is 0.242 e. The summed E-state index contributed by atoms with van der Waals surface area (Å²) in [5.41, 5.74) is 5.98. The molecule has 0 aliphatic rings. The predicted octanol–water partition coefficient (Wildman–Crippen LogP) is -0.703. The van der Waals surface area contributed by atoms with Crippen LogP contribution in [-0.2, 0) is 21.4 Å². The van der Waals surface area contributed by atoms with E-state index in [2.05, 4.69) is 9.71 Å². The van der Waals surface area contributed by atoms with Gasteiger partial charge in [0, 0.05) is 26.3 Å². The van der Waals surface area contributed by atoms with Crippen LogP contribution in [0.2, 0.25) is 0 Å². The van der Waals surface area contributed by atoms with Crippen LogP contribution in [0.25, 0.3) is 0 Å². The zero-order chi connectivity index (χ0) is 14.5. The van der Waals surface area contributed by atoms with Crippen molar-refractivity contribution in [3.63, 3.8) is 0 Å². The first kappa shape index (κ1) is 15.5. The first-order valence-electron chi connectivity index (χ1n) is 5.79. The van der Waals surface area contributed by atoms with Gasteiger partial charge in [-0.1, -0.05) is 0 Å². The van der Waals surface area contributed by atoms with E-state index in [9.17, 15) is 13.2 Å². The van der Waals surface area contributed by atoms with Gasteiger partial charge in [-0.25, -0.2) is 13.1 Å². The van der Waals surface area contributed by atoms with E-state index >= 15 is 0 Å². The summed E-state index contributed by atoms with van der Waals surface area (Å²) in [4.78, 5) is 16.9. The normalized spacial score (nSPS) is 11.3. The fourth-order valence-electron chi connectivity index (χ4n) is 1.24. The second-order valence-corrected chi connectivity index (χ2v) is 5.69. The summed E-state index contributed by atoms with van der Waals surface area (Å²) in [6.45, 7) is 2.30. The molecule has 19 heavy (non-hydrogen) atoms. The smallest absolute Gasteiger partial charge is 0.242 e. The van der Waals surface area contributed by atoms with Crippen LogP contribution in [0.15, 0.2) is 23.2 Å². The van der Waals surface area contributed by atoms with E-state index in [1.165, 1.54) is 23.2 Å². The molecule has 1 heterocycles. The van der Waals surface area contributed by atoms with E-state index in [-0.39, 0.29) is 23.9 Å². The van der Waals surface area contributed by atoms with Gasteiger partial charge in [0.15, 0.2) is 0 Å². The number of carbonyl (C=O) groups is 1. The zero-order valence-electron chi connectivity index (χ0n) is 11.0. The second kappa shape index (κ2) is 6.60. The first-order valence-corrected chi connectivity index (χ1v) is 7.27. The Morgan fingerprint density at radius 2 is 2.16 bits per heavy atom. The maximum atomic E-state index is 11.9. The number of carbonyl (C=O) groups excluding carboxylic acids is 1. The van der Waals surface area contributed by atoms with Gasteiger partial charge in [-0.15, -0.1) is 0 Å². The topological polar surface area (TPSA) is 105 Å². The van der Waals surface area contributed by atoms with Gasteiger partial charge in [0.1, 0.15) is 4.90 Å². The molecule has 0 atom stereocenters. The molecule has 1 rings (SSSR count). The molecule has 0 spiro atoms. The molecule has 3 N–H and O–H groups in total. The number of rotatable bonds is 6. The molecule has 0 aliphatic heterocycles. The zero-order valence-corrected chi connectivity index (χ0v) is 11.8. The van der Waals surface area contributed by atoms with E-state index in [0.29, 0.717) is 12.2 Å². The van der Waals surface area contributed by atoms with Crippen LogP contribution in [0.5, 0.6) is 0 Å². The van der Waals surface area contributed by atoms with Crippen molar-refractivity contribution >= 4 is 15.9 Å². The highest BCUT2D eigenvalue weighted by Crippen LogP contribution is 2.07. The van der Waals surface area contributed by atoms with Crippen LogP contribution in [0.1, 0.15) is 12.6 Å². The number of nitrogens with zero attached hydrogens (tertiary/aromatic N) is 2. The SMILES string of the molecule is CCN(C)C(=O)CNS(=O)(=O)c1ccc(CN)nc1. The van der Waals surface area contributed by atoms with Crippen molar-refractivity contribution in [2.45, 2.75) is 18.4 Å². The second-order valence-electron chi connectivity index (χ2n) is 3.92. The third kappa shape index (κ3) is 4.27. The van der Waals surface area contributed by atoms with Crippen molar-refractivity contribution in [2.24, 2.45) is 5.73 Å². The molecule has 8 heteroatoms. The lowest BCUT2D eigenvalue weighted by Gasteiger charge is -2.14. The maximum absolute atomic E-state index is 11.9. The Morgan fingerprint density at radius 1 is 1.47 bits per heavy atom. The van der Waals surface area contributed by atoms with Gasteiger partial charge in [-0.05, 0) is 19.1 Å². The number of aromatic nitrogens is 1. The monoisotopic (exact) mass is 286 g/mol. The third-order valence-electron chi connectivity index (χ3n) is 2.63. The molecule has 0 saturated carbocycles. The minimum Gasteiger partial charge on any atom is -0.345 e. The number of hydrogen-bond acceptors (Lipinski definition) is 5. The van der Waals surface area contributed by atoms with Gasteiger partial charge in [-0.3, -0.25) is 9.78 Å². The molecule has 0 bridgehead atoms. The Bertz CT molecular complexity index is 527. The van der Waals surface area contributed by atoms with Gasteiger partial charge in [0.05, 0.1) is 12.2 Å². The van der Waals surface area contributed by atoms with Crippen molar-refractivity contribution in [1.29, 1.82) is 0 Å². The van der Waals surface area contributed by atoms with Crippen LogP contribution in [0, 0.1) is 0 Å². The minimum absolute atomic E-state index is 0.0108. The van der Waals surface area contributed by atoms with Gasteiger partial charge in [0.25, 0.3) is 0 Å². The van der Waals surface area contributed by atoms with Gasteiger partial charge >= 0.3 is 0 Å². The fourth-order valence-corrected chi connectivity index (χ4v) is 2.16. The quantitative estimate of drug-likeness (QED) is 0.719. The predicted molar refractivity (Wildman–Crippen MR) is 70.6 cm³/mol. The number of pyridine rings is 1. The fraction of sp³-hybridized carbons (Fsp3) is 0.455. The number of sulfonamides is 1. The van der Waals surface area contributed by atoms with Crippen molar-refractivity contribution in [2.75, 3.05) is 20.1 Å². The Labute approximate surface area is 112 Å². The molecule has 1 aromatic heterocycles. The molecule has 0 saturated heterocycles. The Hall–Kier alpha value is -1.51. The lowest BCUT2D eigenvalue weighted by atomic mass is 10.4. The Balaban J connectivity index is 2.73. The van der Waals surface area contributed by atoms with E-state index in [1.54, 1.807) is 7.05 Å². The lowest BCUT2D eigenvalue weighted by molar-refractivity contribution is -0.128. The number of nitrogens with two attached hydrogens (primary N) is 1. The highest BCUT2D eigenvalue weighted by atomic mass is 32.2. The van der Waals surface area contributed by atoms with E-state index in [4.69, 9.17) is 5.73 Å². The lowest BCUT2D eigenvalue weighted by Crippen LogP contribution is -2.38. The largest absolute Gasteiger partial charge is 0.345 e. The highest BCUT2D eigenvalue weighted by molar-refractivity contribution is 7.89. The van der Waals surface area contributed by atoms with Crippen molar-refractivity contribution in [1.82, 2.24) is 14.6 Å². The number of amides is 1. The van der Waals surface area contributed by atoms with Gasteiger partial charge in [-0.2, -0.15) is 0 Å². The number of likely N-dealkylation sites (N-methyl/N-ethyl adjacent to an activating group) is 1. The summed E-state index contributed by atoms with van der Waals surface area (Å²) in [5, 5.41) is 0. The van der Waals surface area contributed by atoms with E-state index in [1.807, 2.05) is 6.92 Å². The Morgan fingerprint density at radius 3 is 2.63 bits per heavy atom. The van der Waals surface area contributed by atoms with E-state index in [0.717, 1.165) is 0 Å². The van der Waals surface area contributed by atoms with Crippen LogP contribution in [0.3, 0.4) is 0 Å². The van der Waals surface area contributed by atoms with E-state index < -0.39 is 10.0 Å². The summed E-state index contributed by atoms with van der Waals surface area (Å²) in [5.74, 6) is -0.294. The summed E-state index contributed by atoms with van der Waals surface area (Å²) in [6, 6.07) is 2.94. The minimum atomic E-state index is -3.72. The molecule has 0 fully saturated rings. The van der Waals surface area contributed by atoms with Crippen molar-refractivity contribution in [3.8, 4) is 0 Å². The standard InChI is InChI=1S/C11H18N4O3S/c1-3-15(2)11(16)8-14-19(17,18)10-5-4-9(6-12)13-7-10/h4-5,7,14H,3,6,8,12H2,1-2H3. The summed E-state index contributed by atoms with van der Waals surface area (Å²) in [6.07, 6.45) is 1.22. The first-order chi connectivity index (χ1) is 8.90. The molecule has 0 aliphatic carbocycles. The van der Waals surface area contributed by atoms with Crippen molar-refractivity contribution < 1.29 is 13.2 Å². The molecular weight excluding hydrogens is 268 g/mol. The summed E-state index contributed by atoms with van der Waals surface area (Å²) in [7, 11) is -2.12. The number of hydrogen-bond donors (Lipinski definition) is 2. The summed E-state index contributed by atoms with van der Waals surface area (Å²) >= 11 is 0. The van der Waals surface area contributed by atoms with Gasteiger partial charge < -0.3 is 10.6 Å². The molecular formula is C11H18N4O3S. The molecule has 106 valence electrons. The Kier molecular flexibility index (Phi) is 5.40. The van der Waals surface area contributed by atoms with Crippen LogP contribution in [0.4, 0.5) is 0 Å². The van der Waals surface area contributed by atoms with Crippen LogP contribution >= 0.6 is 0 Å². The highest BCUT2D eigenvalue weighted by Gasteiger charge is 2.17. The number of nitrogens with one attached hydrogen (secondary N) is 1. The van der Waals surface area contributed by atoms with Gasteiger partial charge in [0.2, 0.25) is 15.9 Å². The molecule has 0 unspecified atom stereocenters. The average molecular weight is 286 g/mol. The van der Waals surface area contributed by atoms with Crippen LogP contribution in [-0.4, -0.2) is 44.3 Å². The molecule has 0 radical (unpaired) electrons. The summed E-state index contributed by atoms with van der Waals surface area (Å²) < 4.78 is 26.0. The molecule has 1 amide bonds. The third-order valence-corrected chi connectivity index (χ3v) is 4.02. The molecule has 1 aromatic rings. The molecule has 7 nitrogen and oxygen atoms in total. The van der Waals surface area contributed by atoms with Crippen molar-refractivity contribution in [3.05, 3.63) is 24.0 Å².